The molecular weight excluding hydrogens is 352 g/mol. The summed E-state index contributed by atoms with van der Waals surface area (Å²) in [4.78, 5) is 14.7. The third kappa shape index (κ3) is 3.14. The maximum atomic E-state index is 13.2. The van der Waals surface area contributed by atoms with Crippen molar-refractivity contribution in [2.45, 2.75) is 25.0 Å². The van der Waals surface area contributed by atoms with Gasteiger partial charge in [0.1, 0.15) is 18.2 Å². The Morgan fingerprint density at radius 3 is 2.75 bits per heavy atom. The van der Waals surface area contributed by atoms with Crippen LogP contribution in [0.15, 0.2) is 42.5 Å². The monoisotopic (exact) mass is 372 g/mol. The maximum absolute atomic E-state index is 13.2. The molecule has 4 rings (SSSR count). The highest BCUT2D eigenvalue weighted by Gasteiger charge is 2.38. The van der Waals surface area contributed by atoms with Crippen LogP contribution in [0.2, 0.25) is 0 Å². The molecule has 0 saturated carbocycles. The number of ether oxygens (including phenoxy) is 1. The van der Waals surface area contributed by atoms with Gasteiger partial charge in [-0.15, -0.1) is 0 Å². The number of benzene rings is 2. The molecule has 2 aliphatic heterocycles. The van der Waals surface area contributed by atoms with Crippen molar-refractivity contribution in [3.05, 3.63) is 53.6 Å². The molecule has 0 unspecified atom stereocenters. The summed E-state index contributed by atoms with van der Waals surface area (Å²) in [5.41, 5.74) is 3.70. The van der Waals surface area contributed by atoms with Crippen LogP contribution < -0.4 is 10.2 Å². The minimum Gasteiger partial charge on any atom is -0.367 e. The van der Waals surface area contributed by atoms with Crippen LogP contribution in [-0.4, -0.2) is 37.7 Å². The summed E-state index contributed by atoms with van der Waals surface area (Å²) < 4.78 is 5.70. The largest absolute Gasteiger partial charge is 0.367 e. The van der Waals surface area contributed by atoms with E-state index in [1.165, 1.54) is 4.90 Å². The van der Waals surface area contributed by atoms with Crippen LogP contribution in [0, 0.1) is 22.7 Å². The molecule has 2 aromatic rings. The second-order valence-corrected chi connectivity index (χ2v) is 6.94. The Balaban J connectivity index is 1.78. The van der Waals surface area contributed by atoms with Crippen molar-refractivity contribution in [2.24, 2.45) is 0 Å². The fourth-order valence-electron chi connectivity index (χ4n) is 3.92. The van der Waals surface area contributed by atoms with Crippen molar-refractivity contribution in [1.82, 2.24) is 5.32 Å². The molecule has 2 aliphatic rings. The maximum Gasteiger partial charge on any atom is 0.258 e. The molecular formula is C22H20N4O2. The molecule has 0 aromatic heterocycles. The lowest BCUT2D eigenvalue weighted by Crippen LogP contribution is -2.51. The summed E-state index contributed by atoms with van der Waals surface area (Å²) in [5.74, 6) is -0.268. The van der Waals surface area contributed by atoms with Gasteiger partial charge in [-0.05, 0) is 35.7 Å². The van der Waals surface area contributed by atoms with E-state index in [-0.39, 0.29) is 5.91 Å². The Labute approximate surface area is 163 Å². The number of hydrogen-bond acceptors (Lipinski definition) is 5. The molecule has 28 heavy (non-hydrogen) atoms. The highest BCUT2D eigenvalue weighted by atomic mass is 16.5. The Bertz CT molecular complexity index is 967. The molecule has 1 N–H and O–H groups in total. The van der Waals surface area contributed by atoms with Gasteiger partial charge in [-0.1, -0.05) is 36.4 Å². The van der Waals surface area contributed by atoms with E-state index in [1.807, 2.05) is 36.4 Å². The molecule has 1 fully saturated rings. The van der Waals surface area contributed by atoms with Crippen molar-refractivity contribution < 1.29 is 9.53 Å². The average Bonchev–Trinajstić information content (AvgIpc) is 3.02. The second kappa shape index (κ2) is 7.82. The number of nitrogens with zero attached hydrogens (tertiary/aromatic N) is 3. The van der Waals surface area contributed by atoms with Crippen molar-refractivity contribution in [3.63, 3.8) is 0 Å². The van der Waals surface area contributed by atoms with E-state index in [4.69, 9.17) is 4.74 Å². The SMILES string of the molecule is N#Cc1c2ccc(-c3ccccc3)c1C[C@@H](C#N)N2C(=O)[C@@H]1CNCCCO1. The van der Waals surface area contributed by atoms with Gasteiger partial charge in [0.2, 0.25) is 0 Å². The number of nitriles is 2. The molecule has 2 heterocycles. The first-order valence-electron chi connectivity index (χ1n) is 9.41. The Morgan fingerprint density at radius 1 is 1.18 bits per heavy atom. The third-order valence-electron chi connectivity index (χ3n) is 5.26. The smallest absolute Gasteiger partial charge is 0.258 e. The van der Waals surface area contributed by atoms with Gasteiger partial charge >= 0.3 is 0 Å². The third-order valence-corrected chi connectivity index (χ3v) is 5.26. The zero-order chi connectivity index (χ0) is 19.5. The summed E-state index contributed by atoms with van der Waals surface area (Å²) in [7, 11) is 0. The topological polar surface area (TPSA) is 89.2 Å². The highest BCUT2D eigenvalue weighted by Crippen LogP contribution is 2.39. The zero-order valence-electron chi connectivity index (χ0n) is 15.4. The molecule has 140 valence electrons. The number of nitrogens with one attached hydrogen (secondary N) is 1. The van der Waals surface area contributed by atoms with Crippen LogP contribution in [0.1, 0.15) is 17.5 Å². The van der Waals surface area contributed by atoms with Crippen LogP contribution in [0.4, 0.5) is 5.69 Å². The summed E-state index contributed by atoms with van der Waals surface area (Å²) in [6.45, 7) is 1.70. The summed E-state index contributed by atoms with van der Waals surface area (Å²) in [6, 6.07) is 17.3. The van der Waals surface area contributed by atoms with E-state index in [2.05, 4.69) is 17.5 Å². The molecule has 2 aromatic carbocycles. The van der Waals surface area contributed by atoms with Gasteiger partial charge in [-0.2, -0.15) is 10.5 Å². The van der Waals surface area contributed by atoms with Gasteiger partial charge in [-0.3, -0.25) is 9.69 Å². The first-order chi connectivity index (χ1) is 13.7. The fraction of sp³-hybridized carbons (Fsp3) is 0.318. The lowest BCUT2D eigenvalue weighted by molar-refractivity contribution is -0.129. The average molecular weight is 372 g/mol. The van der Waals surface area contributed by atoms with Gasteiger partial charge in [-0.25, -0.2) is 0 Å². The number of anilines is 1. The quantitative estimate of drug-likeness (QED) is 0.874. The molecule has 2 bridgehead atoms. The minimum absolute atomic E-state index is 0.268. The predicted octanol–water partition coefficient (Wildman–Crippen LogP) is 2.39. The molecule has 0 spiro atoms. The van der Waals surface area contributed by atoms with E-state index >= 15 is 0 Å². The van der Waals surface area contributed by atoms with Crippen molar-refractivity contribution in [2.75, 3.05) is 24.6 Å². The first-order valence-corrected chi connectivity index (χ1v) is 9.41. The Kier molecular flexibility index (Phi) is 5.08. The van der Waals surface area contributed by atoms with Gasteiger partial charge in [0.05, 0.1) is 17.3 Å². The molecule has 0 radical (unpaired) electrons. The van der Waals surface area contributed by atoms with Crippen LogP contribution in [0.3, 0.4) is 0 Å². The van der Waals surface area contributed by atoms with Crippen LogP contribution in [0.5, 0.6) is 0 Å². The number of hydrogen-bond donors (Lipinski definition) is 1. The normalized spacial score (nSPS) is 21.3. The van der Waals surface area contributed by atoms with E-state index in [0.29, 0.717) is 30.8 Å². The fourth-order valence-corrected chi connectivity index (χ4v) is 3.92. The second-order valence-electron chi connectivity index (χ2n) is 6.94. The van der Waals surface area contributed by atoms with Gasteiger partial charge < -0.3 is 10.1 Å². The molecule has 0 aliphatic carbocycles. The van der Waals surface area contributed by atoms with E-state index < -0.39 is 12.1 Å². The molecule has 1 saturated heterocycles. The van der Waals surface area contributed by atoms with Gasteiger partial charge in [0, 0.05) is 19.6 Å². The highest BCUT2D eigenvalue weighted by molar-refractivity contribution is 6.00. The zero-order valence-corrected chi connectivity index (χ0v) is 15.4. The molecule has 1 amide bonds. The van der Waals surface area contributed by atoms with E-state index in [1.54, 1.807) is 6.07 Å². The summed E-state index contributed by atoms with van der Waals surface area (Å²) in [5, 5.41) is 22.8. The van der Waals surface area contributed by atoms with Crippen LogP contribution in [0.25, 0.3) is 11.1 Å². The Morgan fingerprint density at radius 2 is 2.00 bits per heavy atom. The standard InChI is InChI=1S/C22H20N4O2/c23-12-16-11-18-17(15-5-2-1-3-6-15)7-8-20(19(18)13-24)26(16)22(27)21-14-25-9-4-10-28-21/h1-3,5-8,16,21,25H,4,9-11,14H2/t16-,21-/m0/s1. The lowest BCUT2D eigenvalue weighted by atomic mass is 9.86. The minimum atomic E-state index is -0.662. The Hall–Kier alpha value is -3.19. The summed E-state index contributed by atoms with van der Waals surface area (Å²) >= 11 is 0. The molecule has 6 nitrogen and oxygen atoms in total. The van der Waals surface area contributed by atoms with Gasteiger partial charge in [0.25, 0.3) is 5.91 Å². The van der Waals surface area contributed by atoms with Crippen molar-refractivity contribution in [3.8, 4) is 23.3 Å². The van der Waals surface area contributed by atoms with Crippen LogP contribution in [-0.2, 0) is 16.0 Å². The number of amides is 1. The van der Waals surface area contributed by atoms with E-state index in [0.717, 1.165) is 29.7 Å². The summed E-state index contributed by atoms with van der Waals surface area (Å²) in [6.07, 6.45) is 0.508. The number of rotatable bonds is 2. The molecule has 2 atom stereocenters. The molecule has 6 heteroatoms. The number of fused-ring (bicyclic) bond motifs is 2. The van der Waals surface area contributed by atoms with E-state index in [9.17, 15) is 15.3 Å². The van der Waals surface area contributed by atoms with Crippen LogP contribution >= 0.6 is 0 Å². The first kappa shape index (κ1) is 18.2. The predicted molar refractivity (Wildman–Crippen MR) is 104 cm³/mol. The van der Waals surface area contributed by atoms with Gasteiger partial charge in [0.15, 0.2) is 0 Å². The van der Waals surface area contributed by atoms with Crippen molar-refractivity contribution >= 4 is 11.6 Å². The number of carbonyl (C=O) groups is 1. The lowest BCUT2D eigenvalue weighted by Gasteiger charge is -2.36. The van der Waals surface area contributed by atoms with Crippen molar-refractivity contribution in [1.29, 1.82) is 10.5 Å². The number of carbonyl (C=O) groups excluding carboxylic acids is 1.